The third-order valence-electron chi connectivity index (χ3n) is 3.55. The number of nitrogens with one attached hydrogen (secondary N) is 2. The van der Waals surface area contributed by atoms with Crippen LogP contribution in [0, 0.1) is 11.7 Å². The van der Waals surface area contributed by atoms with Gasteiger partial charge in [0.1, 0.15) is 5.82 Å². The van der Waals surface area contributed by atoms with Crippen molar-refractivity contribution in [3.05, 3.63) is 34.1 Å². The highest BCUT2D eigenvalue weighted by Crippen LogP contribution is 2.29. The number of carbonyl (C=O) groups is 1. The van der Waals surface area contributed by atoms with Crippen LogP contribution in [0.5, 0.6) is 0 Å². The van der Waals surface area contributed by atoms with E-state index < -0.39 is 0 Å². The Kier molecular flexibility index (Phi) is 5.37. The lowest BCUT2D eigenvalue weighted by molar-refractivity contribution is 0.166. The average Bonchev–Trinajstić information content (AvgIpc) is 2.38. The van der Waals surface area contributed by atoms with Gasteiger partial charge >= 0.3 is 6.03 Å². The molecule has 20 heavy (non-hydrogen) atoms. The van der Waals surface area contributed by atoms with Gasteiger partial charge in [-0.15, -0.1) is 0 Å². The third-order valence-corrected chi connectivity index (χ3v) is 4.19. The van der Waals surface area contributed by atoms with Gasteiger partial charge in [-0.2, -0.15) is 0 Å². The van der Waals surface area contributed by atoms with Crippen molar-refractivity contribution in [1.82, 2.24) is 10.6 Å². The van der Waals surface area contributed by atoms with E-state index in [0.717, 1.165) is 19.3 Å². The number of amides is 2. The second-order valence-corrected chi connectivity index (χ2v) is 5.98. The van der Waals surface area contributed by atoms with Crippen LogP contribution in [0.15, 0.2) is 22.7 Å². The van der Waals surface area contributed by atoms with Gasteiger partial charge in [-0.1, -0.05) is 6.07 Å². The molecule has 0 atom stereocenters. The molecule has 2 rings (SSSR count). The normalized spacial score (nSPS) is 21.1. The molecule has 0 bridgehead atoms. The van der Waals surface area contributed by atoms with Crippen molar-refractivity contribution in [1.29, 1.82) is 0 Å². The van der Waals surface area contributed by atoms with Crippen molar-refractivity contribution in [2.24, 2.45) is 5.92 Å². The molecule has 3 N–H and O–H groups in total. The molecule has 0 unspecified atom stereocenters. The van der Waals surface area contributed by atoms with Crippen LogP contribution in [0.2, 0.25) is 0 Å². The van der Waals surface area contributed by atoms with E-state index in [9.17, 15) is 9.18 Å². The SMILES string of the molecule is O=C(NCc1ccc(Br)c(F)c1)NC1CC(CCO)C1. The van der Waals surface area contributed by atoms with Crippen LogP contribution >= 0.6 is 15.9 Å². The fraction of sp³-hybridized carbons (Fsp3) is 0.500. The Hall–Kier alpha value is -1.14. The van der Waals surface area contributed by atoms with Crippen molar-refractivity contribution in [3.8, 4) is 0 Å². The molecule has 1 aliphatic rings. The van der Waals surface area contributed by atoms with Crippen LogP contribution in [-0.4, -0.2) is 23.8 Å². The molecule has 2 amide bonds. The Morgan fingerprint density at radius 2 is 2.20 bits per heavy atom. The van der Waals surface area contributed by atoms with Gasteiger partial charge in [0.15, 0.2) is 0 Å². The fourth-order valence-electron chi connectivity index (χ4n) is 2.34. The first-order valence-corrected chi connectivity index (χ1v) is 7.47. The lowest BCUT2D eigenvalue weighted by atomic mass is 9.78. The molecular formula is C14H18BrFN2O2. The summed E-state index contributed by atoms with van der Waals surface area (Å²) in [7, 11) is 0. The largest absolute Gasteiger partial charge is 0.396 e. The lowest BCUT2D eigenvalue weighted by Crippen LogP contribution is -2.48. The summed E-state index contributed by atoms with van der Waals surface area (Å²) < 4.78 is 13.7. The van der Waals surface area contributed by atoms with Crippen LogP contribution in [0.3, 0.4) is 0 Å². The summed E-state index contributed by atoms with van der Waals surface area (Å²) in [5, 5.41) is 14.4. The van der Waals surface area contributed by atoms with Gasteiger partial charge in [-0.25, -0.2) is 9.18 Å². The predicted octanol–water partition coefficient (Wildman–Crippen LogP) is 2.55. The Balaban J connectivity index is 1.69. The highest BCUT2D eigenvalue weighted by molar-refractivity contribution is 9.10. The second kappa shape index (κ2) is 7.04. The van der Waals surface area contributed by atoms with Gasteiger partial charge < -0.3 is 15.7 Å². The zero-order chi connectivity index (χ0) is 14.5. The summed E-state index contributed by atoms with van der Waals surface area (Å²) in [6.07, 6.45) is 2.64. The Bertz CT molecular complexity index is 478. The first-order valence-electron chi connectivity index (χ1n) is 6.67. The molecule has 0 aliphatic heterocycles. The smallest absolute Gasteiger partial charge is 0.315 e. The van der Waals surface area contributed by atoms with E-state index in [0.29, 0.717) is 22.5 Å². The standard InChI is InChI=1S/C14H18BrFN2O2/c15-12-2-1-10(7-13(12)16)8-17-14(20)18-11-5-9(6-11)3-4-19/h1-2,7,9,11,19H,3-6,8H2,(H2,17,18,20). The Morgan fingerprint density at radius 3 is 2.85 bits per heavy atom. The molecule has 0 aromatic heterocycles. The zero-order valence-corrected chi connectivity index (χ0v) is 12.6. The van der Waals surface area contributed by atoms with Gasteiger partial charge in [0.05, 0.1) is 4.47 Å². The van der Waals surface area contributed by atoms with E-state index in [-0.39, 0.29) is 24.5 Å². The predicted molar refractivity (Wildman–Crippen MR) is 77.7 cm³/mol. The van der Waals surface area contributed by atoms with E-state index in [2.05, 4.69) is 26.6 Å². The summed E-state index contributed by atoms with van der Waals surface area (Å²) in [6, 6.07) is 4.73. The third kappa shape index (κ3) is 4.18. The summed E-state index contributed by atoms with van der Waals surface area (Å²) in [5.74, 6) is 0.182. The molecule has 110 valence electrons. The van der Waals surface area contributed by atoms with Crippen LogP contribution in [0.1, 0.15) is 24.8 Å². The summed E-state index contributed by atoms with van der Waals surface area (Å²) >= 11 is 3.08. The highest BCUT2D eigenvalue weighted by Gasteiger charge is 2.29. The molecule has 0 heterocycles. The topological polar surface area (TPSA) is 61.4 Å². The molecule has 0 saturated heterocycles. The minimum absolute atomic E-state index is 0.188. The minimum atomic E-state index is -0.337. The number of urea groups is 1. The first kappa shape index (κ1) is 15.3. The molecule has 0 radical (unpaired) electrons. The van der Waals surface area contributed by atoms with E-state index >= 15 is 0 Å². The quantitative estimate of drug-likeness (QED) is 0.768. The highest BCUT2D eigenvalue weighted by atomic mass is 79.9. The number of aliphatic hydroxyl groups is 1. The van der Waals surface area contributed by atoms with Crippen LogP contribution in [0.25, 0.3) is 0 Å². The molecular weight excluding hydrogens is 327 g/mol. The van der Waals surface area contributed by atoms with Gasteiger partial charge in [0, 0.05) is 19.2 Å². The molecule has 1 saturated carbocycles. The van der Waals surface area contributed by atoms with E-state index in [1.807, 2.05) is 0 Å². The lowest BCUT2D eigenvalue weighted by Gasteiger charge is -2.35. The van der Waals surface area contributed by atoms with Gasteiger partial charge in [0.2, 0.25) is 0 Å². The molecule has 1 aliphatic carbocycles. The molecule has 6 heteroatoms. The Labute approximate surface area is 125 Å². The summed E-state index contributed by atoms with van der Waals surface area (Å²) in [4.78, 5) is 11.7. The molecule has 1 aromatic carbocycles. The monoisotopic (exact) mass is 344 g/mol. The number of carbonyl (C=O) groups excluding carboxylic acids is 1. The summed E-state index contributed by atoms with van der Waals surface area (Å²) in [6.45, 7) is 0.502. The molecule has 4 nitrogen and oxygen atoms in total. The first-order chi connectivity index (χ1) is 9.58. The van der Waals surface area contributed by atoms with Gasteiger partial charge in [-0.3, -0.25) is 0 Å². The average molecular weight is 345 g/mol. The van der Waals surface area contributed by atoms with Gasteiger partial charge in [-0.05, 0) is 58.8 Å². The number of benzene rings is 1. The molecule has 1 aromatic rings. The number of rotatable bonds is 5. The van der Waals surface area contributed by atoms with Gasteiger partial charge in [0.25, 0.3) is 0 Å². The number of hydrogen-bond acceptors (Lipinski definition) is 2. The maximum atomic E-state index is 13.3. The molecule has 0 spiro atoms. The van der Waals surface area contributed by atoms with E-state index in [1.54, 1.807) is 12.1 Å². The Morgan fingerprint density at radius 1 is 1.45 bits per heavy atom. The van der Waals surface area contributed by atoms with Crippen molar-refractivity contribution in [2.75, 3.05) is 6.61 Å². The van der Waals surface area contributed by atoms with E-state index in [4.69, 9.17) is 5.11 Å². The maximum Gasteiger partial charge on any atom is 0.315 e. The maximum absolute atomic E-state index is 13.3. The second-order valence-electron chi connectivity index (χ2n) is 5.12. The van der Waals surface area contributed by atoms with Crippen LogP contribution < -0.4 is 10.6 Å². The minimum Gasteiger partial charge on any atom is -0.396 e. The van der Waals surface area contributed by atoms with Crippen molar-refractivity contribution in [3.63, 3.8) is 0 Å². The van der Waals surface area contributed by atoms with Crippen LogP contribution in [0.4, 0.5) is 9.18 Å². The molecule has 1 fully saturated rings. The summed E-state index contributed by atoms with van der Waals surface area (Å²) in [5.41, 5.74) is 0.715. The fourth-order valence-corrected chi connectivity index (χ4v) is 2.59. The van der Waals surface area contributed by atoms with Crippen molar-refractivity contribution in [2.45, 2.75) is 31.8 Å². The van der Waals surface area contributed by atoms with Crippen molar-refractivity contribution >= 4 is 22.0 Å². The zero-order valence-electron chi connectivity index (χ0n) is 11.0. The number of aliphatic hydroxyl groups excluding tert-OH is 1. The van der Waals surface area contributed by atoms with E-state index in [1.165, 1.54) is 6.07 Å². The number of halogens is 2. The number of hydrogen-bond donors (Lipinski definition) is 3. The van der Waals surface area contributed by atoms with Crippen LogP contribution in [-0.2, 0) is 6.54 Å². The van der Waals surface area contributed by atoms with Crippen molar-refractivity contribution < 1.29 is 14.3 Å².